The topological polar surface area (TPSA) is 43.1 Å². The first-order chi connectivity index (χ1) is 3.31. The largest absolute Gasteiger partial charge is 0.321 e. The Hall–Kier alpha value is -0.810. The van der Waals surface area contributed by atoms with E-state index in [1.54, 1.807) is 0 Å². The van der Waals surface area contributed by atoms with Crippen LogP contribution in [-0.2, 0) is 4.79 Å². The Kier molecular flexibility index (Phi) is 2.99. The van der Waals surface area contributed by atoms with Crippen LogP contribution in [0.4, 0.5) is 0 Å². The lowest BCUT2D eigenvalue weighted by Crippen LogP contribution is -2.19. The molecular formula is C5H7NO. The zero-order valence-corrected chi connectivity index (χ0v) is 3.92. The molecule has 0 aromatic heterocycles. The summed E-state index contributed by atoms with van der Waals surface area (Å²) in [6.07, 6.45) is 5.79. The molecule has 0 aliphatic carbocycles. The molecule has 0 aliphatic heterocycles. The van der Waals surface area contributed by atoms with Gasteiger partial charge in [-0.3, -0.25) is 0 Å². The fourth-order valence-corrected chi connectivity index (χ4v) is 0.184. The van der Waals surface area contributed by atoms with E-state index < -0.39 is 6.04 Å². The molecule has 0 unspecified atom stereocenters. The number of nitrogens with two attached hydrogens (primary N) is 1. The lowest BCUT2D eigenvalue weighted by molar-refractivity contribution is -0.108. The van der Waals surface area contributed by atoms with Crippen LogP contribution in [0.15, 0.2) is 0 Å². The minimum absolute atomic E-state index is 0.337. The van der Waals surface area contributed by atoms with Crippen molar-refractivity contribution in [1.82, 2.24) is 0 Å². The van der Waals surface area contributed by atoms with Gasteiger partial charge >= 0.3 is 0 Å². The predicted molar refractivity (Wildman–Crippen MR) is 27.5 cm³/mol. The zero-order chi connectivity index (χ0) is 5.70. The smallest absolute Gasteiger partial charge is 0.137 e. The van der Waals surface area contributed by atoms with Gasteiger partial charge in [-0.15, -0.1) is 12.3 Å². The van der Waals surface area contributed by atoms with Crippen LogP contribution >= 0.6 is 0 Å². The van der Waals surface area contributed by atoms with Gasteiger partial charge in [0.25, 0.3) is 0 Å². The van der Waals surface area contributed by atoms with Crippen LogP contribution in [0.5, 0.6) is 0 Å². The van der Waals surface area contributed by atoms with Gasteiger partial charge in [-0.2, -0.15) is 0 Å². The van der Waals surface area contributed by atoms with Crippen molar-refractivity contribution in [1.29, 1.82) is 0 Å². The van der Waals surface area contributed by atoms with E-state index in [9.17, 15) is 4.79 Å². The Bertz CT molecular complexity index is 92.7. The molecule has 2 N–H and O–H groups in total. The summed E-state index contributed by atoms with van der Waals surface area (Å²) in [7, 11) is 0. The van der Waals surface area contributed by atoms with Gasteiger partial charge in [0.05, 0.1) is 6.04 Å². The number of rotatable bonds is 2. The molecule has 0 aromatic carbocycles. The summed E-state index contributed by atoms with van der Waals surface area (Å²) in [5, 5.41) is 0. The van der Waals surface area contributed by atoms with Crippen LogP contribution in [0, 0.1) is 12.3 Å². The molecule has 2 heteroatoms. The monoisotopic (exact) mass is 97.1 g/mol. The van der Waals surface area contributed by atoms with Crippen LogP contribution < -0.4 is 5.73 Å². The van der Waals surface area contributed by atoms with E-state index in [0.29, 0.717) is 12.7 Å². The highest BCUT2D eigenvalue weighted by Crippen LogP contribution is 1.76. The molecule has 0 fully saturated rings. The van der Waals surface area contributed by atoms with Crippen molar-refractivity contribution in [2.45, 2.75) is 12.5 Å². The molecule has 7 heavy (non-hydrogen) atoms. The molecule has 2 nitrogen and oxygen atoms in total. The predicted octanol–water partition coefficient (Wildman–Crippen LogP) is -0.464. The van der Waals surface area contributed by atoms with Crippen LogP contribution in [0.3, 0.4) is 0 Å². The first kappa shape index (κ1) is 6.19. The molecule has 0 heterocycles. The molecule has 0 radical (unpaired) electrons. The maximum atomic E-state index is 9.67. The molecule has 0 amide bonds. The summed E-state index contributed by atoms with van der Waals surface area (Å²) in [6, 6.07) is -0.468. The quantitative estimate of drug-likeness (QED) is 0.374. The molecule has 0 saturated heterocycles. The molecule has 0 spiro atoms. The van der Waals surface area contributed by atoms with Gasteiger partial charge in [0.1, 0.15) is 6.29 Å². The Morgan fingerprint density at radius 1 is 2.00 bits per heavy atom. The standard InChI is InChI=1S/C5H7NO/c1-2-3-5(6)4-7/h1,4-5H,3,6H2/t5-/m1/s1. The Labute approximate surface area is 42.7 Å². The Balaban J connectivity index is 3.21. The molecule has 0 rings (SSSR count). The third kappa shape index (κ3) is 3.01. The summed E-state index contributed by atoms with van der Waals surface area (Å²) in [5.41, 5.74) is 5.07. The third-order valence-electron chi connectivity index (χ3n) is 0.528. The third-order valence-corrected chi connectivity index (χ3v) is 0.528. The molecule has 0 bridgehead atoms. The van der Waals surface area contributed by atoms with E-state index in [-0.39, 0.29) is 0 Å². The number of carbonyl (C=O) groups is 1. The maximum Gasteiger partial charge on any atom is 0.137 e. The van der Waals surface area contributed by atoms with Gasteiger partial charge in [0.2, 0.25) is 0 Å². The molecular weight excluding hydrogens is 90.1 g/mol. The first-order valence-corrected chi connectivity index (χ1v) is 1.95. The van der Waals surface area contributed by atoms with Crippen molar-refractivity contribution in [2.75, 3.05) is 0 Å². The lowest BCUT2D eigenvalue weighted by Gasteiger charge is -1.90. The minimum atomic E-state index is -0.468. The fourth-order valence-electron chi connectivity index (χ4n) is 0.184. The highest BCUT2D eigenvalue weighted by Gasteiger charge is 1.91. The molecule has 1 atom stereocenters. The van der Waals surface area contributed by atoms with Crippen LogP contribution in [0.25, 0.3) is 0 Å². The van der Waals surface area contributed by atoms with Gasteiger partial charge in [-0.1, -0.05) is 0 Å². The molecule has 0 saturated carbocycles. The Morgan fingerprint density at radius 3 is 2.71 bits per heavy atom. The summed E-state index contributed by atoms with van der Waals surface area (Å²) in [6.45, 7) is 0. The lowest BCUT2D eigenvalue weighted by atomic mass is 10.3. The van der Waals surface area contributed by atoms with E-state index in [1.165, 1.54) is 0 Å². The van der Waals surface area contributed by atoms with E-state index in [0.717, 1.165) is 0 Å². The summed E-state index contributed by atoms with van der Waals surface area (Å²) >= 11 is 0. The zero-order valence-electron chi connectivity index (χ0n) is 3.92. The van der Waals surface area contributed by atoms with Gasteiger partial charge in [0, 0.05) is 6.42 Å². The average molecular weight is 97.1 g/mol. The second-order valence-corrected chi connectivity index (χ2v) is 1.21. The van der Waals surface area contributed by atoms with Gasteiger partial charge in [-0.05, 0) is 0 Å². The highest BCUT2D eigenvalue weighted by atomic mass is 16.1. The Morgan fingerprint density at radius 2 is 2.57 bits per heavy atom. The van der Waals surface area contributed by atoms with Gasteiger partial charge in [-0.25, -0.2) is 0 Å². The second kappa shape index (κ2) is 3.38. The number of carbonyl (C=O) groups excluding carboxylic acids is 1. The van der Waals surface area contributed by atoms with Crippen molar-refractivity contribution in [3.63, 3.8) is 0 Å². The summed E-state index contributed by atoms with van der Waals surface area (Å²) in [5.74, 6) is 2.26. The molecule has 0 aliphatic rings. The van der Waals surface area contributed by atoms with Crippen LogP contribution in [-0.4, -0.2) is 12.3 Å². The van der Waals surface area contributed by atoms with E-state index in [2.05, 4.69) is 5.92 Å². The van der Waals surface area contributed by atoms with Crippen molar-refractivity contribution < 1.29 is 4.79 Å². The van der Waals surface area contributed by atoms with Crippen LogP contribution in [0.1, 0.15) is 6.42 Å². The van der Waals surface area contributed by atoms with Crippen molar-refractivity contribution in [3.05, 3.63) is 0 Å². The SMILES string of the molecule is C#CC[C@@H](N)C=O. The molecule has 0 aromatic rings. The maximum absolute atomic E-state index is 9.67. The minimum Gasteiger partial charge on any atom is -0.321 e. The van der Waals surface area contributed by atoms with E-state index in [1.807, 2.05) is 0 Å². The van der Waals surface area contributed by atoms with E-state index in [4.69, 9.17) is 12.2 Å². The number of hydrogen-bond donors (Lipinski definition) is 1. The summed E-state index contributed by atoms with van der Waals surface area (Å²) in [4.78, 5) is 9.67. The second-order valence-electron chi connectivity index (χ2n) is 1.21. The normalized spacial score (nSPS) is 12.0. The van der Waals surface area contributed by atoms with Gasteiger partial charge in [0.15, 0.2) is 0 Å². The molecule has 38 valence electrons. The summed E-state index contributed by atoms with van der Waals surface area (Å²) < 4.78 is 0. The number of terminal acetylenes is 1. The van der Waals surface area contributed by atoms with Crippen molar-refractivity contribution >= 4 is 6.29 Å². The van der Waals surface area contributed by atoms with Crippen molar-refractivity contribution in [2.24, 2.45) is 5.73 Å². The number of hydrogen-bond acceptors (Lipinski definition) is 2. The van der Waals surface area contributed by atoms with Crippen LogP contribution in [0.2, 0.25) is 0 Å². The highest BCUT2D eigenvalue weighted by molar-refractivity contribution is 5.57. The fraction of sp³-hybridized carbons (Fsp3) is 0.400. The van der Waals surface area contributed by atoms with Crippen molar-refractivity contribution in [3.8, 4) is 12.3 Å². The number of aldehydes is 1. The first-order valence-electron chi connectivity index (χ1n) is 1.95. The van der Waals surface area contributed by atoms with Gasteiger partial charge < -0.3 is 10.5 Å². The average Bonchev–Trinajstić information content (AvgIpc) is 1.68. The van der Waals surface area contributed by atoms with E-state index >= 15 is 0 Å².